The molecular formula is C19H17N3O2S. The Morgan fingerprint density at radius 3 is 2.76 bits per heavy atom. The number of pyridine rings is 1. The van der Waals surface area contributed by atoms with Crippen molar-refractivity contribution in [2.45, 2.75) is 19.8 Å². The van der Waals surface area contributed by atoms with Crippen LogP contribution in [-0.4, -0.2) is 21.7 Å². The highest BCUT2D eigenvalue weighted by Gasteiger charge is 2.09. The fraction of sp³-hybridized carbons (Fsp3) is 0.158. The number of carbonyl (C=O) groups excluding carboxylic acids is 2. The van der Waals surface area contributed by atoms with E-state index in [-0.39, 0.29) is 11.7 Å². The van der Waals surface area contributed by atoms with Crippen molar-refractivity contribution in [3.05, 3.63) is 64.6 Å². The highest BCUT2D eigenvalue weighted by Crippen LogP contribution is 2.20. The van der Waals surface area contributed by atoms with Crippen molar-refractivity contribution in [2.24, 2.45) is 0 Å². The number of nitrogens with zero attached hydrogens (tertiary/aromatic N) is 2. The second-order valence-corrected chi connectivity index (χ2v) is 6.47. The Labute approximate surface area is 149 Å². The molecule has 2 aromatic heterocycles. The maximum absolute atomic E-state index is 12.1. The van der Waals surface area contributed by atoms with Crippen LogP contribution in [0, 0.1) is 0 Å². The molecule has 0 atom stereocenters. The van der Waals surface area contributed by atoms with Gasteiger partial charge in [-0.05, 0) is 31.2 Å². The summed E-state index contributed by atoms with van der Waals surface area (Å²) in [5.74, 6) is -0.128. The van der Waals surface area contributed by atoms with E-state index < -0.39 is 0 Å². The molecule has 0 fully saturated rings. The van der Waals surface area contributed by atoms with Gasteiger partial charge in [0.05, 0.1) is 16.4 Å². The van der Waals surface area contributed by atoms with Gasteiger partial charge >= 0.3 is 0 Å². The van der Waals surface area contributed by atoms with E-state index in [0.29, 0.717) is 24.1 Å². The van der Waals surface area contributed by atoms with E-state index >= 15 is 0 Å². The molecule has 0 saturated carbocycles. The van der Waals surface area contributed by atoms with Crippen molar-refractivity contribution in [3.8, 4) is 11.4 Å². The Balaban J connectivity index is 1.57. The van der Waals surface area contributed by atoms with Crippen LogP contribution >= 0.6 is 11.3 Å². The van der Waals surface area contributed by atoms with Crippen molar-refractivity contribution in [2.75, 3.05) is 5.32 Å². The molecule has 2 heterocycles. The molecule has 0 spiro atoms. The molecule has 0 radical (unpaired) electrons. The van der Waals surface area contributed by atoms with Crippen LogP contribution in [0.4, 0.5) is 5.69 Å². The molecule has 0 aliphatic rings. The Morgan fingerprint density at radius 1 is 1.12 bits per heavy atom. The molecule has 1 aromatic carbocycles. The van der Waals surface area contributed by atoms with Crippen LogP contribution in [0.25, 0.3) is 11.4 Å². The fourth-order valence-electron chi connectivity index (χ4n) is 2.32. The highest BCUT2D eigenvalue weighted by atomic mass is 32.1. The van der Waals surface area contributed by atoms with Crippen LogP contribution in [-0.2, 0) is 11.2 Å². The summed E-state index contributed by atoms with van der Waals surface area (Å²) >= 11 is 1.52. The first-order valence-electron chi connectivity index (χ1n) is 7.88. The van der Waals surface area contributed by atoms with Crippen LogP contribution < -0.4 is 5.32 Å². The normalized spacial score (nSPS) is 10.4. The first kappa shape index (κ1) is 17.0. The van der Waals surface area contributed by atoms with Crippen molar-refractivity contribution >= 4 is 28.7 Å². The smallest absolute Gasteiger partial charge is 0.224 e. The molecule has 0 unspecified atom stereocenters. The number of ketones is 1. The molecule has 1 amide bonds. The minimum atomic E-state index is -0.102. The van der Waals surface area contributed by atoms with Gasteiger partial charge in [0.2, 0.25) is 5.91 Å². The molecule has 1 N–H and O–H groups in total. The number of thiazole rings is 1. The van der Waals surface area contributed by atoms with Gasteiger partial charge in [0, 0.05) is 35.7 Å². The molecule has 5 nitrogen and oxygen atoms in total. The van der Waals surface area contributed by atoms with Crippen molar-refractivity contribution < 1.29 is 9.59 Å². The number of rotatable bonds is 6. The zero-order valence-electron chi connectivity index (χ0n) is 13.7. The van der Waals surface area contributed by atoms with Gasteiger partial charge in [-0.15, -0.1) is 11.3 Å². The zero-order chi connectivity index (χ0) is 17.6. The number of carbonyl (C=O) groups is 2. The van der Waals surface area contributed by atoms with E-state index in [1.54, 1.807) is 30.5 Å². The van der Waals surface area contributed by atoms with E-state index in [1.807, 2.05) is 23.6 Å². The lowest BCUT2D eigenvalue weighted by atomic mass is 10.1. The Hall–Kier alpha value is -2.86. The topological polar surface area (TPSA) is 72.0 Å². The van der Waals surface area contributed by atoms with Crippen LogP contribution in [0.5, 0.6) is 0 Å². The Kier molecular flexibility index (Phi) is 5.30. The van der Waals surface area contributed by atoms with E-state index in [9.17, 15) is 9.59 Å². The second kappa shape index (κ2) is 7.81. The van der Waals surface area contributed by atoms with Gasteiger partial charge < -0.3 is 5.32 Å². The van der Waals surface area contributed by atoms with E-state index in [2.05, 4.69) is 15.3 Å². The maximum Gasteiger partial charge on any atom is 0.224 e. The Morgan fingerprint density at radius 2 is 2.00 bits per heavy atom. The highest BCUT2D eigenvalue weighted by molar-refractivity contribution is 7.09. The summed E-state index contributed by atoms with van der Waals surface area (Å²) in [5.41, 5.74) is 2.87. The third-order valence-corrected chi connectivity index (χ3v) is 4.51. The predicted molar refractivity (Wildman–Crippen MR) is 98.7 cm³/mol. The largest absolute Gasteiger partial charge is 0.326 e. The van der Waals surface area contributed by atoms with Crippen molar-refractivity contribution in [1.82, 2.24) is 9.97 Å². The van der Waals surface area contributed by atoms with E-state index in [1.165, 1.54) is 18.3 Å². The molecular weight excluding hydrogens is 334 g/mol. The van der Waals surface area contributed by atoms with E-state index in [4.69, 9.17) is 0 Å². The molecule has 126 valence electrons. The molecule has 3 aromatic rings. The average molecular weight is 351 g/mol. The number of hydrogen-bond acceptors (Lipinski definition) is 5. The van der Waals surface area contributed by atoms with Crippen LogP contribution in [0.2, 0.25) is 0 Å². The number of anilines is 1. The molecule has 0 bridgehead atoms. The van der Waals surface area contributed by atoms with Crippen LogP contribution in [0.15, 0.2) is 54.0 Å². The van der Waals surface area contributed by atoms with Gasteiger partial charge in [0.25, 0.3) is 0 Å². The lowest BCUT2D eigenvalue weighted by molar-refractivity contribution is -0.116. The van der Waals surface area contributed by atoms with Gasteiger partial charge in [0.1, 0.15) is 0 Å². The number of Topliss-reactive ketones (excluding diaryl/α,β-unsaturated/α-hetero) is 1. The summed E-state index contributed by atoms with van der Waals surface area (Å²) in [5, 5.41) is 5.67. The number of amides is 1. The number of nitrogens with one attached hydrogen (secondary N) is 1. The summed E-state index contributed by atoms with van der Waals surface area (Å²) in [6.45, 7) is 1.50. The molecule has 6 heteroatoms. The molecule has 25 heavy (non-hydrogen) atoms. The standard InChI is InChI=1S/C19H17N3O2S/c1-13(23)14-5-4-6-15(11-14)21-18(24)8-9-19-22-17(12-25-19)16-7-2-3-10-20-16/h2-7,10-12H,8-9H2,1H3,(H,21,24). The average Bonchev–Trinajstić information content (AvgIpc) is 3.10. The minimum absolute atomic E-state index is 0.0269. The first-order valence-corrected chi connectivity index (χ1v) is 8.76. The van der Waals surface area contributed by atoms with Gasteiger partial charge in [-0.3, -0.25) is 14.6 Å². The summed E-state index contributed by atoms with van der Waals surface area (Å²) in [7, 11) is 0. The van der Waals surface area contributed by atoms with Crippen molar-refractivity contribution in [3.63, 3.8) is 0 Å². The quantitative estimate of drug-likeness (QED) is 0.682. The number of aryl methyl sites for hydroxylation is 1. The third-order valence-electron chi connectivity index (χ3n) is 3.60. The Bertz CT molecular complexity index is 890. The molecule has 0 saturated heterocycles. The lowest BCUT2D eigenvalue weighted by Gasteiger charge is -2.05. The van der Waals surface area contributed by atoms with Gasteiger partial charge in [-0.2, -0.15) is 0 Å². The van der Waals surface area contributed by atoms with Crippen LogP contribution in [0.1, 0.15) is 28.7 Å². The zero-order valence-corrected chi connectivity index (χ0v) is 14.5. The van der Waals surface area contributed by atoms with Crippen LogP contribution in [0.3, 0.4) is 0 Å². The fourth-order valence-corrected chi connectivity index (χ4v) is 3.11. The lowest BCUT2D eigenvalue weighted by Crippen LogP contribution is -2.12. The van der Waals surface area contributed by atoms with Gasteiger partial charge in [-0.1, -0.05) is 18.2 Å². The van der Waals surface area contributed by atoms with Gasteiger partial charge in [-0.25, -0.2) is 4.98 Å². The molecule has 0 aliphatic heterocycles. The summed E-state index contributed by atoms with van der Waals surface area (Å²) < 4.78 is 0. The predicted octanol–water partition coefficient (Wildman–Crippen LogP) is 3.98. The summed E-state index contributed by atoms with van der Waals surface area (Å²) in [6.07, 6.45) is 2.63. The minimum Gasteiger partial charge on any atom is -0.326 e. The number of aromatic nitrogens is 2. The summed E-state index contributed by atoms with van der Waals surface area (Å²) in [4.78, 5) is 32.3. The molecule has 0 aliphatic carbocycles. The maximum atomic E-state index is 12.1. The monoisotopic (exact) mass is 351 g/mol. The SMILES string of the molecule is CC(=O)c1cccc(NC(=O)CCc2nc(-c3ccccn3)cs2)c1. The number of hydrogen-bond donors (Lipinski definition) is 1. The first-order chi connectivity index (χ1) is 12.1. The second-order valence-electron chi connectivity index (χ2n) is 5.53. The van der Waals surface area contributed by atoms with E-state index in [0.717, 1.165) is 16.4 Å². The summed E-state index contributed by atoms with van der Waals surface area (Å²) in [6, 6.07) is 12.6. The number of benzene rings is 1. The van der Waals surface area contributed by atoms with Crippen molar-refractivity contribution in [1.29, 1.82) is 0 Å². The van der Waals surface area contributed by atoms with Gasteiger partial charge in [0.15, 0.2) is 5.78 Å². The third kappa shape index (κ3) is 4.58. The molecule has 3 rings (SSSR count).